The summed E-state index contributed by atoms with van der Waals surface area (Å²) in [6.07, 6.45) is 1.74. The van der Waals surface area contributed by atoms with E-state index < -0.39 is 0 Å². The van der Waals surface area contributed by atoms with Crippen LogP contribution in [0.15, 0.2) is 12.7 Å². The van der Waals surface area contributed by atoms with Crippen molar-refractivity contribution < 1.29 is 0 Å². The zero-order chi connectivity index (χ0) is 3.41. The molecule has 0 spiro atoms. The molecule has 0 radical (unpaired) electrons. The maximum atomic E-state index is 3.80. The minimum Gasteiger partial charge on any atom is -0.175 e. The summed E-state index contributed by atoms with van der Waals surface area (Å²) in [5, 5.41) is 0. The Morgan fingerprint density at radius 3 is 2.25 bits per heavy atom. The van der Waals surface area contributed by atoms with Gasteiger partial charge in [0.25, 0.3) is 0 Å². The number of rotatable bonds is 1. The molecule has 0 atom stereocenters. The summed E-state index contributed by atoms with van der Waals surface area (Å²) in [6.45, 7) is 3.40. The fourth-order valence-corrected chi connectivity index (χ4v) is 0. The van der Waals surface area contributed by atoms with E-state index in [0.717, 1.165) is 5.75 Å². The predicted octanol–water partition coefficient (Wildman–Crippen LogP) is 1.10. The third-order valence-electron chi connectivity index (χ3n) is 0.129. The van der Waals surface area contributed by atoms with Crippen LogP contribution < -0.4 is 0 Å². The van der Waals surface area contributed by atoms with E-state index in [1.54, 1.807) is 6.08 Å². The van der Waals surface area contributed by atoms with Crippen LogP contribution in [-0.2, 0) is 0 Å². The van der Waals surface area contributed by atoms with Gasteiger partial charge in [-0.25, -0.2) is 0 Å². The fourth-order valence-electron chi connectivity index (χ4n) is 0. The molecule has 0 rings (SSSR count). The molecule has 0 aliphatic rings. The molecule has 0 aromatic carbocycles. The van der Waals surface area contributed by atoms with Gasteiger partial charge >= 0.3 is 0 Å². The number of thiol groups is 1. The molecule has 0 heterocycles. The van der Waals surface area contributed by atoms with Gasteiger partial charge in [-0.2, -0.15) is 12.6 Å². The van der Waals surface area contributed by atoms with Crippen molar-refractivity contribution in [1.29, 1.82) is 0 Å². The van der Waals surface area contributed by atoms with E-state index in [1.165, 1.54) is 0 Å². The van der Waals surface area contributed by atoms with Crippen LogP contribution in [-0.4, -0.2) is 5.75 Å². The van der Waals surface area contributed by atoms with Gasteiger partial charge in [0.15, 0.2) is 0 Å². The van der Waals surface area contributed by atoms with Gasteiger partial charge in [-0.1, -0.05) is 6.08 Å². The molecule has 0 saturated carbocycles. The van der Waals surface area contributed by atoms with E-state index in [0.29, 0.717) is 0 Å². The predicted molar refractivity (Wildman–Crippen MR) is 24.0 cm³/mol. The van der Waals surface area contributed by atoms with E-state index in [2.05, 4.69) is 19.2 Å². The zero-order valence-corrected chi connectivity index (χ0v) is 3.33. The molecule has 0 fully saturated rings. The Hall–Kier alpha value is 0.0900. The fraction of sp³-hybridized carbons (Fsp3) is 0.333. The Balaban J connectivity index is 2.30. The van der Waals surface area contributed by atoms with E-state index in [9.17, 15) is 0 Å². The minimum atomic E-state index is 0.778. The maximum absolute atomic E-state index is 3.80. The topological polar surface area (TPSA) is 0 Å². The van der Waals surface area contributed by atoms with Crippen molar-refractivity contribution >= 4 is 12.6 Å². The standard InChI is InChI=1S/C3H6S/c1-2-3-4/h2,4H,1,3H2/i3+2. The van der Waals surface area contributed by atoms with E-state index in [4.69, 9.17) is 0 Å². The molecule has 0 saturated heterocycles. The second-order valence-electron chi connectivity index (χ2n) is 0.471. The SMILES string of the molecule is C=C[14CH2]S. The van der Waals surface area contributed by atoms with Crippen molar-refractivity contribution in [2.45, 2.75) is 0 Å². The zero-order valence-electron chi connectivity index (χ0n) is 2.44. The van der Waals surface area contributed by atoms with Crippen molar-refractivity contribution in [1.82, 2.24) is 0 Å². The summed E-state index contributed by atoms with van der Waals surface area (Å²) in [7, 11) is 0. The second-order valence-corrected chi connectivity index (χ2v) is 0.836. The Kier molecular flexibility index (Phi) is 3.16. The first kappa shape index (κ1) is 4.09. The highest BCUT2D eigenvalue weighted by atomic mass is 32.1. The number of hydrogen-bond acceptors (Lipinski definition) is 1. The Labute approximate surface area is 31.9 Å². The lowest BCUT2D eigenvalue weighted by atomic mass is 11.1. The summed E-state index contributed by atoms with van der Waals surface area (Å²) in [5.41, 5.74) is 0. The molecule has 0 N–H and O–H groups in total. The second kappa shape index (κ2) is 3.09. The van der Waals surface area contributed by atoms with E-state index in [-0.39, 0.29) is 0 Å². The molecular formula is C3H6S. The summed E-state index contributed by atoms with van der Waals surface area (Å²) in [4.78, 5) is 0. The molecule has 0 amide bonds. The lowest BCUT2D eigenvalue weighted by Crippen LogP contribution is -1.45. The first-order chi connectivity index (χ1) is 1.91. The first-order valence-corrected chi connectivity index (χ1v) is 1.77. The van der Waals surface area contributed by atoms with Crippen LogP contribution in [0, 0.1) is 0 Å². The van der Waals surface area contributed by atoms with Crippen LogP contribution in [0.25, 0.3) is 0 Å². The molecule has 0 aliphatic carbocycles. The summed E-state index contributed by atoms with van der Waals surface area (Å²) in [6, 6.07) is 0. The van der Waals surface area contributed by atoms with E-state index in [1.807, 2.05) is 0 Å². The van der Waals surface area contributed by atoms with Gasteiger partial charge in [-0.3, -0.25) is 0 Å². The van der Waals surface area contributed by atoms with Crippen molar-refractivity contribution in [2.75, 3.05) is 5.75 Å². The van der Waals surface area contributed by atoms with Gasteiger partial charge in [0.2, 0.25) is 0 Å². The minimum absolute atomic E-state index is 0.778. The number of hydrogen-bond donors (Lipinski definition) is 1. The van der Waals surface area contributed by atoms with Crippen molar-refractivity contribution in [3.05, 3.63) is 12.7 Å². The highest BCUT2D eigenvalue weighted by Crippen LogP contribution is 1.65. The van der Waals surface area contributed by atoms with Gasteiger partial charge in [0.1, 0.15) is 0 Å². The summed E-state index contributed by atoms with van der Waals surface area (Å²) >= 11 is 3.80. The van der Waals surface area contributed by atoms with Gasteiger partial charge in [0.05, 0.1) is 0 Å². The van der Waals surface area contributed by atoms with Crippen molar-refractivity contribution in [2.24, 2.45) is 0 Å². The Bertz CT molecular complexity index is 17.2. The lowest BCUT2D eigenvalue weighted by molar-refractivity contribution is 1.85. The highest BCUT2D eigenvalue weighted by Gasteiger charge is 1.45. The largest absolute Gasteiger partial charge is 0.175 e. The van der Waals surface area contributed by atoms with Crippen LogP contribution in [0.2, 0.25) is 0 Å². The van der Waals surface area contributed by atoms with Gasteiger partial charge in [-0.15, -0.1) is 6.58 Å². The molecule has 0 bridgehead atoms. The van der Waals surface area contributed by atoms with Crippen LogP contribution in [0.4, 0.5) is 0 Å². The van der Waals surface area contributed by atoms with Crippen LogP contribution in [0.3, 0.4) is 0 Å². The average Bonchev–Trinajstić information content (AvgIpc) is 1.37. The van der Waals surface area contributed by atoms with Gasteiger partial charge < -0.3 is 0 Å². The third kappa shape index (κ3) is 2.09. The quantitative estimate of drug-likeness (QED) is 0.351. The molecule has 1 heteroatoms. The van der Waals surface area contributed by atoms with E-state index >= 15 is 0 Å². The lowest BCUT2D eigenvalue weighted by Gasteiger charge is -1.57. The average molecular weight is 76.1 g/mol. The van der Waals surface area contributed by atoms with Crippen molar-refractivity contribution in [3.63, 3.8) is 0 Å². The van der Waals surface area contributed by atoms with Crippen LogP contribution in [0.1, 0.15) is 0 Å². The Morgan fingerprint density at radius 1 is 2.00 bits per heavy atom. The maximum Gasteiger partial charge on any atom is 0.00799 e. The molecule has 0 unspecified atom stereocenters. The molecular weight excluding hydrogens is 70.1 g/mol. The normalized spacial score (nSPS) is 6.25. The molecule has 0 nitrogen and oxygen atoms in total. The first-order valence-electron chi connectivity index (χ1n) is 1.13. The van der Waals surface area contributed by atoms with Crippen LogP contribution >= 0.6 is 12.6 Å². The molecule has 0 aromatic rings. The monoisotopic (exact) mass is 76.0 g/mol. The Morgan fingerprint density at radius 2 is 2.25 bits per heavy atom. The third-order valence-corrected chi connectivity index (χ3v) is 0.387. The summed E-state index contributed by atoms with van der Waals surface area (Å²) < 4.78 is 0. The highest BCUT2D eigenvalue weighted by molar-refractivity contribution is 7.80. The molecule has 4 heavy (non-hydrogen) atoms. The van der Waals surface area contributed by atoms with Gasteiger partial charge in [0, 0.05) is 5.75 Å². The molecule has 0 aromatic heterocycles. The molecule has 24 valence electrons. The van der Waals surface area contributed by atoms with Crippen LogP contribution in [0.5, 0.6) is 0 Å². The summed E-state index contributed by atoms with van der Waals surface area (Å²) in [5.74, 6) is 0.778. The van der Waals surface area contributed by atoms with Gasteiger partial charge in [-0.05, 0) is 0 Å². The molecule has 0 aliphatic heterocycles. The smallest absolute Gasteiger partial charge is 0.00799 e. The van der Waals surface area contributed by atoms with Crippen molar-refractivity contribution in [3.8, 4) is 0 Å².